The van der Waals surface area contributed by atoms with E-state index in [1.807, 2.05) is 37.3 Å². The minimum absolute atomic E-state index is 0.0495. The molecule has 43 heavy (non-hydrogen) atoms. The molecule has 3 amide bonds. The lowest BCUT2D eigenvalue weighted by Gasteiger charge is -2.32. The van der Waals surface area contributed by atoms with Crippen LogP contribution < -0.4 is 14.5 Å². The topological polar surface area (TPSA) is 99.6 Å². The fraction of sp³-hybridized carbons (Fsp3) is 0.531. The fourth-order valence-corrected chi connectivity index (χ4v) is 10.2. The van der Waals surface area contributed by atoms with Crippen molar-refractivity contribution in [3.8, 4) is 5.75 Å². The second kappa shape index (κ2) is 11.0. The number of nitrogens with zero attached hydrogens (tertiary/aromatic N) is 3. The van der Waals surface area contributed by atoms with Crippen LogP contribution in [0.5, 0.6) is 5.75 Å². The summed E-state index contributed by atoms with van der Waals surface area (Å²) in [6.07, 6.45) is 1.22. The third kappa shape index (κ3) is 4.85. The van der Waals surface area contributed by atoms with Gasteiger partial charge >= 0.3 is 0 Å². The molecule has 9 nitrogen and oxygen atoms in total. The Kier molecular flexibility index (Phi) is 7.63. The molecule has 0 aromatic heterocycles. The number of methoxy groups -OCH3 is 1. The number of amides is 3. The summed E-state index contributed by atoms with van der Waals surface area (Å²) in [7, 11) is -1.90. The predicted octanol–water partition coefficient (Wildman–Crippen LogP) is 4.13. The number of likely N-dealkylation sites (tertiary alicyclic amines) is 1. The summed E-state index contributed by atoms with van der Waals surface area (Å²) < 4.78 is 28.5. The van der Waals surface area contributed by atoms with Crippen molar-refractivity contribution in [1.29, 1.82) is 0 Å². The van der Waals surface area contributed by atoms with Crippen LogP contribution >= 0.6 is 0 Å². The molecule has 2 aromatic rings. The quantitative estimate of drug-likeness (QED) is 0.275. The van der Waals surface area contributed by atoms with E-state index < -0.39 is 31.6 Å². The van der Waals surface area contributed by atoms with Crippen LogP contribution in [0.2, 0.25) is 18.6 Å². The van der Waals surface area contributed by atoms with Gasteiger partial charge in [-0.1, -0.05) is 19.1 Å². The average molecular weight is 610 g/mol. The van der Waals surface area contributed by atoms with Gasteiger partial charge in [0.1, 0.15) is 5.75 Å². The molecule has 1 spiro atoms. The molecule has 0 bridgehead atoms. The molecule has 5 atom stereocenters. The minimum atomic E-state index is -3.45. The maximum Gasteiger partial charge on any atom is 0.264 e. The molecule has 3 fully saturated rings. The Labute approximate surface area is 252 Å². The van der Waals surface area contributed by atoms with Gasteiger partial charge < -0.3 is 33.4 Å². The molecule has 0 saturated carbocycles. The van der Waals surface area contributed by atoms with Gasteiger partial charge in [-0.15, -0.1) is 0 Å². The number of β-lactam (4-membered cyclic amide) rings is 1. The Morgan fingerprint density at radius 1 is 1.19 bits per heavy atom. The van der Waals surface area contributed by atoms with Crippen molar-refractivity contribution in [3.63, 3.8) is 0 Å². The Balaban J connectivity index is 1.37. The highest BCUT2D eigenvalue weighted by molar-refractivity contribution is 6.72. The van der Waals surface area contributed by atoms with Gasteiger partial charge in [0.05, 0.1) is 44.5 Å². The van der Waals surface area contributed by atoms with Gasteiger partial charge in [-0.2, -0.15) is 0 Å². The number of rotatable bonds is 8. The van der Waals surface area contributed by atoms with E-state index in [-0.39, 0.29) is 43.3 Å². The first-order chi connectivity index (χ1) is 20.5. The maximum absolute atomic E-state index is 16.2. The van der Waals surface area contributed by atoms with Crippen molar-refractivity contribution in [3.05, 3.63) is 53.6 Å². The summed E-state index contributed by atoms with van der Waals surface area (Å²) >= 11 is 0. The molecular formula is C32H40FN3O6Si. The van der Waals surface area contributed by atoms with Crippen LogP contribution in [0.15, 0.2) is 42.5 Å². The van der Waals surface area contributed by atoms with Gasteiger partial charge in [0.2, 0.25) is 20.2 Å². The zero-order chi connectivity index (χ0) is 30.7. The zero-order valence-electron chi connectivity index (χ0n) is 25.2. The number of hydrogen-bond donors (Lipinski definition) is 1. The van der Waals surface area contributed by atoms with Crippen LogP contribution in [-0.4, -0.2) is 75.1 Å². The number of ether oxygens (including phenoxy) is 2. The van der Waals surface area contributed by atoms with Crippen molar-refractivity contribution in [2.75, 3.05) is 36.6 Å². The lowest BCUT2D eigenvalue weighted by molar-refractivity contribution is -0.150. The van der Waals surface area contributed by atoms with Gasteiger partial charge in [0.25, 0.3) is 5.91 Å². The van der Waals surface area contributed by atoms with E-state index in [0.29, 0.717) is 36.5 Å². The molecular weight excluding hydrogens is 569 g/mol. The maximum atomic E-state index is 16.2. The molecule has 6 rings (SSSR count). The third-order valence-electron chi connectivity index (χ3n) is 9.87. The van der Waals surface area contributed by atoms with E-state index in [2.05, 4.69) is 0 Å². The first-order valence-corrected chi connectivity index (χ1v) is 18.1. The summed E-state index contributed by atoms with van der Waals surface area (Å²) in [5, 5.41) is 9.80. The second-order valence-electron chi connectivity index (χ2n) is 12.8. The number of anilines is 2. The molecule has 0 unspecified atom stereocenters. The Hall–Kier alpha value is -3.28. The predicted molar refractivity (Wildman–Crippen MR) is 162 cm³/mol. The van der Waals surface area contributed by atoms with E-state index in [1.165, 1.54) is 0 Å². The van der Waals surface area contributed by atoms with Gasteiger partial charge in [-0.3, -0.25) is 14.4 Å². The van der Waals surface area contributed by atoms with Crippen LogP contribution in [-0.2, 0) is 31.3 Å². The standard InChI is InChI=1S/C32H40FN3O6Si/c1-20-30(43(3,4)33)27(17-29(39)34-13-6-9-23(34)19-37)42-32(20)25-16-24(41-2)10-11-26(25)36(31(32)40)18-21-7-5-8-22(15-21)35-14-12-28(35)38/h5,7-8,10-11,15-16,20,23,27,30,37H,6,9,12-14,17-19H2,1-4H3/t20-,23-,27+,30-,32+/m0/s1. The van der Waals surface area contributed by atoms with Crippen molar-refractivity contribution < 1.29 is 33.1 Å². The number of carbonyl (C=O) groups is 3. The van der Waals surface area contributed by atoms with Gasteiger partial charge in [-0.25, -0.2) is 0 Å². The first kappa shape index (κ1) is 29.8. The molecule has 3 saturated heterocycles. The van der Waals surface area contributed by atoms with Crippen LogP contribution in [0.4, 0.5) is 15.5 Å². The lowest BCUT2D eigenvalue weighted by atomic mass is 9.82. The normalized spacial score (nSPS) is 28.6. The first-order valence-electron chi connectivity index (χ1n) is 15.2. The highest BCUT2D eigenvalue weighted by Gasteiger charge is 2.67. The van der Waals surface area contributed by atoms with Crippen molar-refractivity contribution in [2.24, 2.45) is 5.92 Å². The summed E-state index contributed by atoms with van der Waals surface area (Å²) in [5.74, 6) is -0.390. The monoisotopic (exact) mass is 609 g/mol. The lowest BCUT2D eigenvalue weighted by Crippen LogP contribution is -2.45. The number of hydrogen-bond acceptors (Lipinski definition) is 6. The molecule has 1 N–H and O–H groups in total. The Morgan fingerprint density at radius 2 is 1.98 bits per heavy atom. The molecule has 4 aliphatic heterocycles. The summed E-state index contributed by atoms with van der Waals surface area (Å²) in [5.41, 5.74) is 0.820. The van der Waals surface area contributed by atoms with E-state index >= 15 is 4.11 Å². The number of carbonyl (C=O) groups excluding carboxylic acids is 3. The number of halogens is 1. The van der Waals surface area contributed by atoms with Gasteiger partial charge in [-0.05, 0) is 61.8 Å². The molecule has 230 valence electrons. The van der Waals surface area contributed by atoms with Crippen molar-refractivity contribution in [1.82, 2.24) is 4.90 Å². The molecule has 4 aliphatic rings. The Bertz CT molecular complexity index is 1450. The SMILES string of the molecule is COc1ccc2c(c1)[C@@]1(O[C@H](CC(=O)N3CCC[C@H]3CO)[C@@H]([Si](C)(C)F)[C@@H]1C)C(=O)N2Cc1cccc(N2CCC2=O)c1. The van der Waals surface area contributed by atoms with Crippen LogP contribution in [0, 0.1) is 5.92 Å². The highest BCUT2D eigenvalue weighted by Crippen LogP contribution is 2.60. The van der Waals surface area contributed by atoms with Crippen molar-refractivity contribution >= 4 is 37.5 Å². The Morgan fingerprint density at radius 3 is 2.63 bits per heavy atom. The largest absolute Gasteiger partial charge is 0.497 e. The third-order valence-corrected chi connectivity index (χ3v) is 12.3. The van der Waals surface area contributed by atoms with E-state index in [9.17, 15) is 19.5 Å². The molecule has 4 heterocycles. The fourth-order valence-electron chi connectivity index (χ4n) is 7.75. The highest BCUT2D eigenvalue weighted by atomic mass is 28.4. The molecule has 2 aromatic carbocycles. The van der Waals surface area contributed by atoms with E-state index in [1.54, 1.807) is 47.0 Å². The van der Waals surface area contributed by atoms with Crippen LogP contribution in [0.3, 0.4) is 0 Å². The zero-order valence-corrected chi connectivity index (χ0v) is 26.2. The molecule has 11 heteroatoms. The van der Waals surface area contributed by atoms with Crippen molar-refractivity contribution in [2.45, 2.75) is 75.5 Å². The van der Waals surface area contributed by atoms with Crippen LogP contribution in [0.25, 0.3) is 0 Å². The number of aliphatic hydroxyl groups excluding tert-OH is 1. The summed E-state index contributed by atoms with van der Waals surface area (Å²) in [6, 6.07) is 12.8. The summed E-state index contributed by atoms with van der Waals surface area (Å²) in [4.78, 5) is 45.3. The van der Waals surface area contributed by atoms with E-state index in [4.69, 9.17) is 9.47 Å². The smallest absolute Gasteiger partial charge is 0.264 e. The average Bonchev–Trinajstić information content (AvgIpc) is 3.62. The minimum Gasteiger partial charge on any atom is -0.497 e. The second-order valence-corrected chi connectivity index (χ2v) is 16.6. The number of benzene rings is 2. The summed E-state index contributed by atoms with van der Waals surface area (Å²) in [6.45, 7) is 6.45. The van der Waals surface area contributed by atoms with Crippen LogP contribution in [0.1, 0.15) is 43.7 Å². The molecule has 0 radical (unpaired) electrons. The van der Waals surface area contributed by atoms with Gasteiger partial charge in [0.15, 0.2) is 5.60 Å². The number of aliphatic hydroxyl groups is 1. The molecule has 0 aliphatic carbocycles. The van der Waals surface area contributed by atoms with Gasteiger partial charge in [0, 0.05) is 42.2 Å². The van der Waals surface area contributed by atoms with E-state index in [0.717, 1.165) is 24.1 Å². The number of fused-ring (bicyclic) bond motifs is 2.